The van der Waals surface area contributed by atoms with Crippen LogP contribution in [0.2, 0.25) is 5.02 Å². The number of rotatable bonds is 7. The Labute approximate surface area is 253 Å². The number of benzene rings is 1. The second-order valence-corrected chi connectivity index (χ2v) is 11.5. The van der Waals surface area contributed by atoms with E-state index in [2.05, 4.69) is 43.5 Å². The fourth-order valence-electron chi connectivity index (χ4n) is 5.79. The average molecular weight is 605 g/mol. The number of imidazole rings is 1. The van der Waals surface area contributed by atoms with Crippen molar-refractivity contribution in [2.24, 2.45) is 17.6 Å². The van der Waals surface area contributed by atoms with Gasteiger partial charge in [-0.1, -0.05) is 61.7 Å². The number of halogens is 1. The molecule has 0 bridgehead atoms. The van der Waals surface area contributed by atoms with Crippen molar-refractivity contribution in [2.75, 3.05) is 24.7 Å². The molecule has 0 unspecified atom stereocenters. The van der Waals surface area contributed by atoms with Crippen LogP contribution in [0.5, 0.6) is 11.8 Å². The van der Waals surface area contributed by atoms with Gasteiger partial charge < -0.3 is 29.4 Å². The molecular weight excluding hydrogens is 572 g/mol. The van der Waals surface area contributed by atoms with Crippen molar-refractivity contribution in [3.63, 3.8) is 0 Å². The van der Waals surface area contributed by atoms with E-state index < -0.39 is 12.0 Å². The molecule has 2 fully saturated rings. The van der Waals surface area contributed by atoms with E-state index in [0.717, 1.165) is 31.2 Å². The van der Waals surface area contributed by atoms with E-state index in [1.807, 2.05) is 18.2 Å². The minimum Gasteiger partial charge on any atom is -0.418 e. The van der Waals surface area contributed by atoms with E-state index in [9.17, 15) is 4.79 Å². The Morgan fingerprint density at radius 1 is 1.12 bits per heavy atom. The Morgan fingerprint density at radius 2 is 1.91 bits per heavy atom. The van der Waals surface area contributed by atoms with Gasteiger partial charge in [0, 0.05) is 25.4 Å². The maximum atomic E-state index is 11.4. The highest BCUT2D eigenvalue weighted by molar-refractivity contribution is 6.30. The number of primary amides is 1. The lowest BCUT2D eigenvalue weighted by Crippen LogP contribution is -2.41. The third-order valence-electron chi connectivity index (χ3n) is 8.00. The van der Waals surface area contributed by atoms with Crippen molar-refractivity contribution < 1.29 is 19.0 Å². The number of morpholine rings is 1. The van der Waals surface area contributed by atoms with E-state index >= 15 is 0 Å². The molecule has 1 atom stereocenters. The zero-order valence-corrected chi connectivity index (χ0v) is 24.5. The molecule has 2 aliphatic rings. The molecule has 1 amide bonds. The highest BCUT2D eigenvalue weighted by Gasteiger charge is 2.33. The van der Waals surface area contributed by atoms with Crippen LogP contribution in [0.4, 0.5) is 10.7 Å². The number of nitrogens with two attached hydrogens (primary N) is 1. The Kier molecular flexibility index (Phi) is 8.39. The summed E-state index contributed by atoms with van der Waals surface area (Å²) >= 11 is 6.06. The molecule has 13 heteroatoms. The van der Waals surface area contributed by atoms with Crippen LogP contribution in [-0.2, 0) is 16.0 Å². The molecule has 1 aliphatic heterocycles. The van der Waals surface area contributed by atoms with Gasteiger partial charge in [0.1, 0.15) is 0 Å². The third kappa shape index (κ3) is 6.40. The lowest BCUT2D eigenvalue weighted by Gasteiger charge is -2.37. The third-order valence-corrected chi connectivity index (χ3v) is 8.23. The number of nitrogens with zero attached hydrogens (tertiary/aromatic N) is 6. The van der Waals surface area contributed by atoms with Crippen molar-refractivity contribution in [1.29, 1.82) is 5.41 Å². The van der Waals surface area contributed by atoms with Crippen molar-refractivity contribution in [3.8, 4) is 11.8 Å². The molecule has 4 aromatic rings. The summed E-state index contributed by atoms with van der Waals surface area (Å²) < 4.78 is 19.1. The summed E-state index contributed by atoms with van der Waals surface area (Å²) in [6.07, 6.45) is 4.84. The quantitative estimate of drug-likeness (QED) is 0.206. The first-order valence-electron chi connectivity index (χ1n) is 14.4. The number of fused-ring (bicyclic) bond motifs is 1. The molecule has 1 aliphatic carbocycles. The molecule has 224 valence electrons. The predicted molar refractivity (Wildman–Crippen MR) is 161 cm³/mol. The van der Waals surface area contributed by atoms with Gasteiger partial charge >= 0.3 is 6.09 Å². The van der Waals surface area contributed by atoms with E-state index in [-0.39, 0.29) is 23.6 Å². The van der Waals surface area contributed by atoms with Gasteiger partial charge in [0.05, 0.1) is 24.3 Å². The van der Waals surface area contributed by atoms with E-state index in [4.69, 9.17) is 41.9 Å². The molecule has 0 radical (unpaired) electrons. The lowest BCUT2D eigenvalue weighted by molar-refractivity contribution is 0.0927. The van der Waals surface area contributed by atoms with Crippen LogP contribution in [0.25, 0.3) is 11.2 Å². The van der Waals surface area contributed by atoms with Gasteiger partial charge in [-0.15, -0.1) is 0 Å². The summed E-state index contributed by atoms with van der Waals surface area (Å²) in [6.45, 7) is 4.63. The van der Waals surface area contributed by atoms with Crippen molar-refractivity contribution in [1.82, 2.24) is 24.5 Å². The topological polar surface area (TPSA) is 154 Å². The van der Waals surface area contributed by atoms with Crippen LogP contribution < -0.4 is 15.4 Å². The van der Waals surface area contributed by atoms with Gasteiger partial charge in [0.25, 0.3) is 11.8 Å². The van der Waals surface area contributed by atoms with Gasteiger partial charge in [-0.25, -0.2) is 14.8 Å². The summed E-state index contributed by atoms with van der Waals surface area (Å²) in [4.78, 5) is 32.0. The summed E-state index contributed by atoms with van der Waals surface area (Å²) in [7, 11) is 0. The van der Waals surface area contributed by atoms with Gasteiger partial charge in [0.15, 0.2) is 11.2 Å². The molecule has 43 heavy (non-hydrogen) atoms. The fourth-order valence-corrected chi connectivity index (χ4v) is 5.90. The molecule has 1 saturated heterocycles. The van der Waals surface area contributed by atoms with Gasteiger partial charge in [-0.05, 0) is 36.3 Å². The molecule has 1 saturated carbocycles. The van der Waals surface area contributed by atoms with Gasteiger partial charge in [-0.3, -0.25) is 5.41 Å². The highest BCUT2D eigenvalue weighted by Crippen LogP contribution is 2.38. The highest BCUT2D eigenvalue weighted by atomic mass is 35.5. The standard InChI is InChI=1S/C30H33ClN8O4/c1-18-7-9-19(10-8-18)16-39-24-26(37-30(39)38-13-14-41-17-22(38)20-5-3-2-4-6-20)35-27(25(32)43-29(33)40)36-28(24)42-23-12-11-21(31)15-34-23/h2-6,11-12,15,18-19,22,32H,7-10,13-14,16-17H2,1H3,(H2,33,40)/t18?,19?,22-/m0/s1. The first-order valence-corrected chi connectivity index (χ1v) is 14.8. The number of carbonyl (C=O) groups excluding carboxylic acids is 1. The van der Waals surface area contributed by atoms with E-state index in [1.165, 1.54) is 6.20 Å². The Balaban J connectivity index is 1.52. The lowest BCUT2D eigenvalue weighted by atomic mass is 9.83. The molecule has 4 heterocycles. The maximum Gasteiger partial charge on any atom is 0.411 e. The smallest absolute Gasteiger partial charge is 0.411 e. The van der Waals surface area contributed by atoms with Crippen molar-refractivity contribution >= 4 is 40.7 Å². The normalized spacial score (nSPS) is 20.6. The number of hydrogen-bond donors (Lipinski definition) is 2. The maximum absolute atomic E-state index is 11.4. The SMILES string of the molecule is CC1CCC(Cn2c(N3CCOC[C@H]3c3ccccc3)nc3nc(C(=N)OC(N)=O)nc(Oc4ccc(Cl)cn4)c32)CC1. The first-order chi connectivity index (χ1) is 20.9. The van der Waals surface area contributed by atoms with Crippen LogP contribution in [0, 0.1) is 17.2 Å². The Morgan fingerprint density at radius 3 is 2.63 bits per heavy atom. The minimum atomic E-state index is -1.15. The molecule has 3 N–H and O–H groups in total. The number of hydrogen-bond acceptors (Lipinski definition) is 10. The van der Waals surface area contributed by atoms with E-state index in [0.29, 0.717) is 60.3 Å². The molecular formula is C30H33ClN8O4. The zero-order chi connectivity index (χ0) is 29.9. The van der Waals surface area contributed by atoms with Crippen LogP contribution in [0.15, 0.2) is 48.7 Å². The number of pyridine rings is 1. The summed E-state index contributed by atoms with van der Waals surface area (Å²) in [5.41, 5.74) is 7.14. The summed E-state index contributed by atoms with van der Waals surface area (Å²) in [5, 5.41) is 8.72. The fraction of sp³-hybridized carbons (Fsp3) is 0.400. The summed E-state index contributed by atoms with van der Waals surface area (Å²) in [5.74, 6) is 1.38. The van der Waals surface area contributed by atoms with Crippen LogP contribution in [-0.4, -0.2) is 56.3 Å². The van der Waals surface area contributed by atoms with E-state index in [1.54, 1.807) is 12.1 Å². The summed E-state index contributed by atoms with van der Waals surface area (Å²) in [6, 6.07) is 13.4. The largest absolute Gasteiger partial charge is 0.418 e. The monoisotopic (exact) mass is 604 g/mol. The number of anilines is 1. The molecule has 6 rings (SSSR count). The van der Waals surface area contributed by atoms with Crippen LogP contribution in [0.3, 0.4) is 0 Å². The molecule has 1 aromatic carbocycles. The number of nitrogens with one attached hydrogen (secondary N) is 1. The average Bonchev–Trinajstić information content (AvgIpc) is 3.37. The van der Waals surface area contributed by atoms with Crippen LogP contribution >= 0.6 is 11.6 Å². The number of ether oxygens (including phenoxy) is 3. The van der Waals surface area contributed by atoms with Crippen LogP contribution in [0.1, 0.15) is 50.0 Å². The Bertz CT molecular complexity index is 1610. The number of aromatic nitrogens is 5. The van der Waals surface area contributed by atoms with Gasteiger partial charge in [0.2, 0.25) is 17.7 Å². The molecule has 3 aromatic heterocycles. The molecule has 0 spiro atoms. The second kappa shape index (κ2) is 12.5. The van der Waals surface area contributed by atoms with Crippen molar-refractivity contribution in [3.05, 3.63) is 65.1 Å². The van der Waals surface area contributed by atoms with Crippen molar-refractivity contribution in [2.45, 2.75) is 45.2 Å². The second-order valence-electron chi connectivity index (χ2n) is 11.0. The number of amides is 1. The predicted octanol–water partition coefficient (Wildman–Crippen LogP) is 5.49. The minimum absolute atomic E-state index is 0.0805. The van der Waals surface area contributed by atoms with Gasteiger partial charge in [-0.2, -0.15) is 9.97 Å². The number of carbonyl (C=O) groups is 1. The zero-order valence-electron chi connectivity index (χ0n) is 23.8. The first kappa shape index (κ1) is 28.8. The molecule has 12 nitrogen and oxygen atoms in total. The Hall–Kier alpha value is -4.29.